The Morgan fingerprint density at radius 3 is 1.71 bits per heavy atom. The van der Waals surface area contributed by atoms with Crippen LogP contribution in [0.15, 0.2) is 0 Å². The standard InChI is InChI=1S/C28H58O3/c1-14-18-20-26(21-22(5)6,31-30-17-4)27(19-15-2,23(7)8)28(29-13,24(9)16-3)25(10,11)12/h22-24H,14-21H2,1-13H3. The fourth-order valence-corrected chi connectivity index (χ4v) is 7.17. The molecule has 0 spiro atoms. The molecule has 0 aromatic heterocycles. The molecule has 3 nitrogen and oxygen atoms in total. The van der Waals surface area contributed by atoms with Gasteiger partial charge in [0.25, 0.3) is 0 Å². The molecular weight excluding hydrogens is 384 g/mol. The van der Waals surface area contributed by atoms with Gasteiger partial charge in [-0.25, -0.2) is 9.78 Å². The van der Waals surface area contributed by atoms with E-state index in [9.17, 15) is 0 Å². The van der Waals surface area contributed by atoms with Crippen LogP contribution in [0.4, 0.5) is 0 Å². The average Bonchev–Trinajstić information content (AvgIpc) is 2.68. The van der Waals surface area contributed by atoms with Crippen LogP contribution < -0.4 is 0 Å². The Labute approximate surface area is 196 Å². The van der Waals surface area contributed by atoms with Crippen molar-refractivity contribution in [3.63, 3.8) is 0 Å². The molecule has 0 aliphatic rings. The van der Waals surface area contributed by atoms with Crippen molar-refractivity contribution < 1.29 is 14.5 Å². The molecule has 0 radical (unpaired) electrons. The van der Waals surface area contributed by atoms with Crippen molar-refractivity contribution in [2.45, 2.75) is 139 Å². The highest BCUT2D eigenvalue weighted by molar-refractivity contribution is 5.18. The van der Waals surface area contributed by atoms with Crippen molar-refractivity contribution in [2.24, 2.45) is 28.6 Å². The molecule has 0 rings (SSSR count). The topological polar surface area (TPSA) is 27.7 Å². The Balaban J connectivity index is 7.58. The third kappa shape index (κ3) is 5.87. The van der Waals surface area contributed by atoms with Crippen LogP contribution in [0.5, 0.6) is 0 Å². The van der Waals surface area contributed by atoms with Gasteiger partial charge in [0.2, 0.25) is 0 Å². The fraction of sp³-hybridized carbons (Fsp3) is 1.00. The van der Waals surface area contributed by atoms with Gasteiger partial charge in [-0.1, -0.05) is 102 Å². The molecule has 0 aliphatic carbocycles. The highest BCUT2D eigenvalue weighted by atomic mass is 17.2. The lowest BCUT2D eigenvalue weighted by atomic mass is 9.43. The van der Waals surface area contributed by atoms with E-state index in [1.54, 1.807) is 0 Å². The lowest BCUT2D eigenvalue weighted by Gasteiger charge is -2.67. The molecule has 0 saturated heterocycles. The molecular formula is C28H58O3. The molecule has 4 unspecified atom stereocenters. The van der Waals surface area contributed by atoms with Crippen LogP contribution in [0.2, 0.25) is 0 Å². The summed E-state index contributed by atoms with van der Waals surface area (Å²) in [6, 6.07) is 0. The summed E-state index contributed by atoms with van der Waals surface area (Å²) in [6.45, 7) is 28.4. The summed E-state index contributed by atoms with van der Waals surface area (Å²) in [5.74, 6) is 1.25. The summed E-state index contributed by atoms with van der Waals surface area (Å²) in [5.41, 5.74) is -1.05. The van der Waals surface area contributed by atoms with Crippen LogP contribution >= 0.6 is 0 Å². The molecule has 0 aromatic carbocycles. The van der Waals surface area contributed by atoms with E-state index in [0.717, 1.165) is 44.9 Å². The first-order valence-electron chi connectivity index (χ1n) is 13.2. The Hall–Kier alpha value is -0.120. The minimum absolute atomic E-state index is 0.0688. The van der Waals surface area contributed by atoms with E-state index in [2.05, 4.69) is 76.2 Å². The zero-order valence-electron chi connectivity index (χ0n) is 23.6. The second-order valence-corrected chi connectivity index (χ2v) is 11.6. The second kappa shape index (κ2) is 12.9. The van der Waals surface area contributed by atoms with Crippen molar-refractivity contribution in [1.82, 2.24) is 0 Å². The van der Waals surface area contributed by atoms with E-state index < -0.39 is 5.60 Å². The summed E-state index contributed by atoms with van der Waals surface area (Å²) < 4.78 is 6.85. The van der Waals surface area contributed by atoms with Crippen LogP contribution in [-0.2, 0) is 14.5 Å². The zero-order valence-corrected chi connectivity index (χ0v) is 23.6. The second-order valence-electron chi connectivity index (χ2n) is 11.6. The third-order valence-corrected chi connectivity index (χ3v) is 7.86. The van der Waals surface area contributed by atoms with Crippen LogP contribution in [0.3, 0.4) is 0 Å². The fourth-order valence-electron chi connectivity index (χ4n) is 7.17. The van der Waals surface area contributed by atoms with Gasteiger partial charge < -0.3 is 4.74 Å². The Kier molecular flexibility index (Phi) is 12.9. The number of rotatable bonds is 16. The quantitative estimate of drug-likeness (QED) is 0.176. The van der Waals surface area contributed by atoms with E-state index in [4.69, 9.17) is 14.5 Å². The van der Waals surface area contributed by atoms with E-state index >= 15 is 0 Å². The molecule has 4 atom stereocenters. The van der Waals surface area contributed by atoms with E-state index in [0.29, 0.717) is 24.4 Å². The number of hydrogen-bond donors (Lipinski definition) is 0. The summed E-state index contributed by atoms with van der Waals surface area (Å²) in [6.07, 6.45) is 7.47. The summed E-state index contributed by atoms with van der Waals surface area (Å²) in [4.78, 5) is 12.6. The van der Waals surface area contributed by atoms with Gasteiger partial charge in [0.15, 0.2) is 0 Å². The largest absolute Gasteiger partial charge is 0.377 e. The molecule has 0 heterocycles. The molecule has 31 heavy (non-hydrogen) atoms. The third-order valence-electron chi connectivity index (χ3n) is 7.86. The molecule has 0 N–H and O–H groups in total. The molecule has 3 heteroatoms. The Morgan fingerprint density at radius 1 is 0.806 bits per heavy atom. The predicted octanol–water partition coefficient (Wildman–Crippen LogP) is 8.85. The SMILES string of the molecule is CCCCC(CC(C)C)(OOCC)C(CCC)(C(C)C)C(OC)(C(C)CC)C(C)(C)C. The molecule has 0 bridgehead atoms. The van der Waals surface area contributed by atoms with Crippen molar-refractivity contribution in [3.8, 4) is 0 Å². The van der Waals surface area contributed by atoms with Crippen molar-refractivity contribution in [3.05, 3.63) is 0 Å². The van der Waals surface area contributed by atoms with Gasteiger partial charge in [0, 0.05) is 12.5 Å². The lowest BCUT2D eigenvalue weighted by molar-refractivity contribution is -0.424. The summed E-state index contributed by atoms with van der Waals surface area (Å²) >= 11 is 0. The van der Waals surface area contributed by atoms with Crippen LogP contribution in [0.1, 0.15) is 128 Å². The first-order chi connectivity index (χ1) is 14.3. The molecule has 0 fully saturated rings. The first kappa shape index (κ1) is 30.9. The minimum atomic E-state index is -0.413. The van der Waals surface area contributed by atoms with Crippen LogP contribution in [-0.4, -0.2) is 24.9 Å². The van der Waals surface area contributed by atoms with Gasteiger partial charge in [-0.15, -0.1) is 0 Å². The van der Waals surface area contributed by atoms with Crippen molar-refractivity contribution in [2.75, 3.05) is 13.7 Å². The summed E-state index contributed by atoms with van der Waals surface area (Å²) in [7, 11) is 1.95. The number of unbranched alkanes of at least 4 members (excludes halogenated alkanes) is 1. The van der Waals surface area contributed by atoms with Gasteiger partial charge in [0.05, 0.1) is 12.2 Å². The highest BCUT2D eigenvalue weighted by Crippen LogP contribution is 2.65. The van der Waals surface area contributed by atoms with E-state index in [1.165, 1.54) is 0 Å². The van der Waals surface area contributed by atoms with Gasteiger partial charge in [-0.2, -0.15) is 0 Å². The Bertz CT molecular complexity index is 471. The van der Waals surface area contributed by atoms with Gasteiger partial charge >= 0.3 is 0 Å². The van der Waals surface area contributed by atoms with Crippen LogP contribution in [0, 0.1) is 28.6 Å². The maximum atomic E-state index is 6.85. The molecule has 0 amide bonds. The van der Waals surface area contributed by atoms with Gasteiger partial charge in [-0.3, -0.25) is 0 Å². The van der Waals surface area contributed by atoms with Crippen LogP contribution in [0.25, 0.3) is 0 Å². The first-order valence-corrected chi connectivity index (χ1v) is 13.2. The minimum Gasteiger partial charge on any atom is -0.377 e. The average molecular weight is 443 g/mol. The lowest BCUT2D eigenvalue weighted by Crippen LogP contribution is -2.72. The monoisotopic (exact) mass is 442 g/mol. The molecule has 0 aromatic rings. The number of hydrogen-bond acceptors (Lipinski definition) is 3. The Morgan fingerprint density at radius 2 is 1.39 bits per heavy atom. The predicted molar refractivity (Wildman–Crippen MR) is 135 cm³/mol. The van der Waals surface area contributed by atoms with E-state index in [-0.39, 0.29) is 16.4 Å². The summed E-state index contributed by atoms with van der Waals surface area (Å²) in [5, 5.41) is 0. The van der Waals surface area contributed by atoms with Crippen molar-refractivity contribution >= 4 is 0 Å². The zero-order chi connectivity index (χ0) is 24.5. The maximum absolute atomic E-state index is 6.85. The normalized spacial score (nSPS) is 19.8. The molecule has 188 valence electrons. The number of methoxy groups -OCH3 is 1. The van der Waals surface area contributed by atoms with E-state index in [1.807, 2.05) is 14.0 Å². The van der Waals surface area contributed by atoms with Crippen molar-refractivity contribution in [1.29, 1.82) is 0 Å². The van der Waals surface area contributed by atoms with Gasteiger partial charge in [-0.05, 0) is 49.4 Å². The van der Waals surface area contributed by atoms with Gasteiger partial charge in [0.1, 0.15) is 5.60 Å². The maximum Gasteiger partial charge on any atom is 0.112 e. The number of ether oxygens (including phenoxy) is 1. The molecule has 0 saturated carbocycles. The molecule has 0 aliphatic heterocycles. The highest BCUT2D eigenvalue weighted by Gasteiger charge is 2.70. The smallest absolute Gasteiger partial charge is 0.112 e.